The van der Waals surface area contributed by atoms with Crippen molar-refractivity contribution in [3.63, 3.8) is 0 Å². The Labute approximate surface area is 236 Å². The molecule has 0 radical (unpaired) electrons. The van der Waals surface area contributed by atoms with Gasteiger partial charge >= 0.3 is 11.9 Å². The highest BCUT2D eigenvalue weighted by molar-refractivity contribution is 6.00. The average molecular weight is 555 g/mol. The third kappa shape index (κ3) is 9.28. The number of unbranched alkanes of at least 4 members (excludes halogenated alkanes) is 4. The highest BCUT2D eigenvalue weighted by Gasteiger charge is 2.25. The van der Waals surface area contributed by atoms with E-state index < -0.39 is 11.9 Å². The SMILES string of the molecule is CC(C)c1c(OCCCCCCc2cccc(OCCCCC(=O)O)c2CCC(=O)O)ccc2c1OCCC2=O. The largest absolute Gasteiger partial charge is 0.493 e. The Morgan fingerprint density at radius 3 is 2.27 bits per heavy atom. The van der Waals surface area contributed by atoms with Crippen LogP contribution in [-0.4, -0.2) is 47.8 Å². The van der Waals surface area contributed by atoms with E-state index in [4.69, 9.17) is 19.3 Å². The van der Waals surface area contributed by atoms with Gasteiger partial charge in [-0.2, -0.15) is 0 Å². The summed E-state index contributed by atoms with van der Waals surface area (Å²) in [6.07, 6.45) is 6.85. The first kappa shape index (κ1) is 31.0. The van der Waals surface area contributed by atoms with Gasteiger partial charge in [-0.15, -0.1) is 0 Å². The number of carbonyl (C=O) groups excluding carboxylic acids is 1. The van der Waals surface area contributed by atoms with Crippen molar-refractivity contribution in [2.75, 3.05) is 19.8 Å². The highest BCUT2D eigenvalue weighted by Crippen LogP contribution is 2.40. The van der Waals surface area contributed by atoms with Crippen LogP contribution in [0.3, 0.4) is 0 Å². The van der Waals surface area contributed by atoms with Crippen LogP contribution in [0.15, 0.2) is 30.3 Å². The summed E-state index contributed by atoms with van der Waals surface area (Å²) in [7, 11) is 0. The number of aryl methyl sites for hydroxylation is 1. The van der Waals surface area contributed by atoms with Gasteiger partial charge in [0.2, 0.25) is 0 Å². The quantitative estimate of drug-likeness (QED) is 0.198. The lowest BCUT2D eigenvalue weighted by Crippen LogP contribution is -2.17. The normalized spacial score (nSPS) is 12.6. The van der Waals surface area contributed by atoms with Crippen LogP contribution < -0.4 is 14.2 Å². The minimum Gasteiger partial charge on any atom is -0.493 e. The molecule has 0 amide bonds. The van der Waals surface area contributed by atoms with Crippen LogP contribution in [0.2, 0.25) is 0 Å². The molecule has 0 aliphatic carbocycles. The standard InChI is InChI=1S/C32H42O8/c1-22(2)31-28(16-14-25-26(33)18-21-40-32(25)31)39-19-7-4-3-5-10-23-11-9-12-27(24(23)15-17-30(36)37)38-20-8-6-13-29(34)35/h9,11-12,14,16,22H,3-8,10,13,15,17-21H2,1-2H3,(H,34,35)(H,36,37). The molecular formula is C32H42O8. The van der Waals surface area contributed by atoms with Gasteiger partial charge in [0.15, 0.2) is 5.78 Å². The lowest BCUT2D eigenvalue weighted by atomic mass is 9.94. The Morgan fingerprint density at radius 2 is 1.55 bits per heavy atom. The minimum atomic E-state index is -0.847. The fourth-order valence-electron chi connectivity index (χ4n) is 5.02. The van der Waals surface area contributed by atoms with Gasteiger partial charge in [0.05, 0.1) is 25.4 Å². The summed E-state index contributed by atoms with van der Waals surface area (Å²) in [4.78, 5) is 34.2. The molecule has 8 heteroatoms. The number of Topliss-reactive ketones (excluding diaryl/α,β-unsaturated/α-hetero) is 1. The van der Waals surface area contributed by atoms with Crippen molar-refractivity contribution in [3.05, 3.63) is 52.6 Å². The molecule has 0 aromatic heterocycles. The number of ether oxygens (including phenoxy) is 3. The monoisotopic (exact) mass is 554 g/mol. The molecular weight excluding hydrogens is 512 g/mol. The molecule has 2 aromatic carbocycles. The van der Waals surface area contributed by atoms with Crippen molar-refractivity contribution in [2.45, 2.75) is 90.4 Å². The molecule has 40 heavy (non-hydrogen) atoms. The number of rotatable bonds is 18. The number of hydrogen-bond donors (Lipinski definition) is 2. The van der Waals surface area contributed by atoms with Crippen molar-refractivity contribution < 1.29 is 38.8 Å². The van der Waals surface area contributed by atoms with E-state index in [1.165, 1.54) is 0 Å². The summed E-state index contributed by atoms with van der Waals surface area (Å²) in [6, 6.07) is 9.53. The Morgan fingerprint density at radius 1 is 0.850 bits per heavy atom. The van der Waals surface area contributed by atoms with E-state index >= 15 is 0 Å². The van der Waals surface area contributed by atoms with Crippen molar-refractivity contribution >= 4 is 17.7 Å². The molecule has 3 rings (SSSR count). The van der Waals surface area contributed by atoms with Gasteiger partial charge < -0.3 is 24.4 Å². The zero-order chi connectivity index (χ0) is 28.9. The number of carbonyl (C=O) groups is 3. The van der Waals surface area contributed by atoms with Gasteiger partial charge in [-0.25, -0.2) is 0 Å². The molecule has 0 spiro atoms. The van der Waals surface area contributed by atoms with Crippen molar-refractivity contribution in [3.8, 4) is 17.2 Å². The second-order valence-electron chi connectivity index (χ2n) is 10.5. The molecule has 1 aliphatic heterocycles. The van der Waals surface area contributed by atoms with Crippen LogP contribution in [-0.2, 0) is 22.4 Å². The number of aliphatic carboxylic acids is 2. The van der Waals surface area contributed by atoms with Crippen LogP contribution in [0.1, 0.15) is 105 Å². The van der Waals surface area contributed by atoms with E-state index in [1.807, 2.05) is 30.3 Å². The van der Waals surface area contributed by atoms with E-state index in [-0.39, 0.29) is 24.5 Å². The predicted molar refractivity (Wildman–Crippen MR) is 152 cm³/mol. The van der Waals surface area contributed by atoms with Crippen LogP contribution in [0.25, 0.3) is 0 Å². The second kappa shape index (κ2) is 15.9. The van der Waals surface area contributed by atoms with E-state index in [1.54, 1.807) is 0 Å². The van der Waals surface area contributed by atoms with Crippen LogP contribution >= 0.6 is 0 Å². The zero-order valence-corrected chi connectivity index (χ0v) is 23.7. The molecule has 2 aromatic rings. The molecule has 1 heterocycles. The number of ketones is 1. The van der Waals surface area contributed by atoms with Crippen molar-refractivity contribution in [1.82, 2.24) is 0 Å². The Bertz CT molecular complexity index is 1150. The van der Waals surface area contributed by atoms with Crippen LogP contribution in [0, 0.1) is 0 Å². The van der Waals surface area contributed by atoms with E-state index in [0.29, 0.717) is 62.6 Å². The molecule has 8 nitrogen and oxygen atoms in total. The summed E-state index contributed by atoms with van der Waals surface area (Å²) in [5, 5.41) is 18.0. The van der Waals surface area contributed by atoms with Gasteiger partial charge in [-0.1, -0.05) is 38.8 Å². The molecule has 218 valence electrons. The van der Waals surface area contributed by atoms with Crippen LogP contribution in [0.4, 0.5) is 0 Å². The van der Waals surface area contributed by atoms with E-state index in [2.05, 4.69) is 13.8 Å². The average Bonchev–Trinajstić information content (AvgIpc) is 2.91. The number of hydrogen-bond acceptors (Lipinski definition) is 6. The Balaban J connectivity index is 1.48. The number of carboxylic acid groups (broad SMARTS) is 2. The van der Waals surface area contributed by atoms with Crippen molar-refractivity contribution in [1.29, 1.82) is 0 Å². The maximum atomic E-state index is 12.3. The first-order chi connectivity index (χ1) is 19.3. The molecule has 0 saturated heterocycles. The smallest absolute Gasteiger partial charge is 0.303 e. The topological polar surface area (TPSA) is 119 Å². The fraction of sp³-hybridized carbons (Fsp3) is 0.531. The maximum Gasteiger partial charge on any atom is 0.303 e. The summed E-state index contributed by atoms with van der Waals surface area (Å²) in [6.45, 7) is 5.56. The molecule has 1 aliphatic rings. The van der Waals surface area contributed by atoms with Gasteiger partial charge in [0.1, 0.15) is 17.2 Å². The highest BCUT2D eigenvalue weighted by atomic mass is 16.5. The summed E-state index contributed by atoms with van der Waals surface area (Å²) >= 11 is 0. The molecule has 0 fully saturated rings. The third-order valence-electron chi connectivity index (χ3n) is 7.07. The maximum absolute atomic E-state index is 12.3. The molecule has 0 bridgehead atoms. The minimum absolute atomic E-state index is 0.0317. The zero-order valence-electron chi connectivity index (χ0n) is 23.7. The second-order valence-corrected chi connectivity index (χ2v) is 10.5. The number of benzene rings is 2. The molecule has 2 N–H and O–H groups in total. The lowest BCUT2D eigenvalue weighted by molar-refractivity contribution is -0.138. The molecule has 0 saturated carbocycles. The number of fused-ring (bicyclic) bond motifs is 1. The van der Waals surface area contributed by atoms with Gasteiger partial charge in [-0.3, -0.25) is 14.4 Å². The fourth-order valence-corrected chi connectivity index (χ4v) is 5.02. The van der Waals surface area contributed by atoms with E-state index in [0.717, 1.165) is 54.5 Å². The Hall–Kier alpha value is -3.55. The van der Waals surface area contributed by atoms with E-state index in [9.17, 15) is 19.5 Å². The predicted octanol–water partition coefficient (Wildman–Crippen LogP) is 6.61. The van der Waals surface area contributed by atoms with Gasteiger partial charge in [0, 0.05) is 24.8 Å². The molecule has 0 atom stereocenters. The first-order valence-electron chi connectivity index (χ1n) is 14.4. The number of carboxylic acids is 2. The Kier molecular flexibility index (Phi) is 12.3. The summed E-state index contributed by atoms with van der Waals surface area (Å²) in [5.41, 5.74) is 3.65. The lowest BCUT2D eigenvalue weighted by Gasteiger charge is -2.24. The first-order valence-corrected chi connectivity index (χ1v) is 14.4. The summed E-state index contributed by atoms with van der Waals surface area (Å²) < 4.78 is 17.9. The van der Waals surface area contributed by atoms with Crippen LogP contribution in [0.5, 0.6) is 17.2 Å². The van der Waals surface area contributed by atoms with Crippen molar-refractivity contribution in [2.24, 2.45) is 0 Å². The third-order valence-corrected chi connectivity index (χ3v) is 7.07. The summed E-state index contributed by atoms with van der Waals surface area (Å²) in [5.74, 6) is 0.783. The molecule has 0 unspecified atom stereocenters. The van der Waals surface area contributed by atoms with Gasteiger partial charge in [-0.05, 0) is 73.8 Å². The van der Waals surface area contributed by atoms with Gasteiger partial charge in [0.25, 0.3) is 0 Å².